The van der Waals surface area contributed by atoms with Gasteiger partial charge in [0.25, 0.3) is 0 Å². The highest BCUT2D eigenvalue weighted by molar-refractivity contribution is 5.81. The molecule has 0 saturated heterocycles. The van der Waals surface area contributed by atoms with Crippen molar-refractivity contribution in [3.05, 3.63) is 0 Å². The molecule has 4 nitrogen and oxygen atoms in total. The van der Waals surface area contributed by atoms with Crippen LogP contribution in [0.5, 0.6) is 0 Å². The van der Waals surface area contributed by atoms with Crippen LogP contribution in [0.25, 0.3) is 0 Å². The zero-order valence-corrected chi connectivity index (χ0v) is 11.1. The van der Waals surface area contributed by atoms with E-state index in [1.165, 1.54) is 0 Å². The topological polar surface area (TPSA) is 61.4 Å². The molecule has 3 N–H and O–H groups in total. The highest BCUT2D eigenvalue weighted by Gasteiger charge is 2.18. The average molecular weight is 230 g/mol. The first-order valence-corrected chi connectivity index (χ1v) is 5.93. The summed E-state index contributed by atoms with van der Waals surface area (Å²) in [4.78, 5) is 11.7. The molecule has 0 aromatic rings. The van der Waals surface area contributed by atoms with E-state index in [2.05, 4.69) is 24.5 Å². The largest absolute Gasteiger partial charge is 0.390 e. The Bertz CT molecular complexity index is 210. The fourth-order valence-corrected chi connectivity index (χ4v) is 1.44. The second kappa shape index (κ2) is 6.86. The molecule has 0 aliphatic carbocycles. The zero-order chi connectivity index (χ0) is 12.8. The first-order valence-electron chi connectivity index (χ1n) is 5.93. The van der Waals surface area contributed by atoms with Gasteiger partial charge in [-0.05, 0) is 39.7 Å². The Balaban J connectivity index is 3.93. The van der Waals surface area contributed by atoms with E-state index in [1.54, 1.807) is 20.9 Å². The van der Waals surface area contributed by atoms with Gasteiger partial charge in [0.2, 0.25) is 5.91 Å². The summed E-state index contributed by atoms with van der Waals surface area (Å²) in [5.74, 6) is 0.498. The molecule has 0 fully saturated rings. The molecule has 0 aromatic carbocycles. The maximum atomic E-state index is 11.7. The van der Waals surface area contributed by atoms with Crippen molar-refractivity contribution in [1.29, 1.82) is 0 Å². The highest BCUT2D eigenvalue weighted by atomic mass is 16.3. The number of carbonyl (C=O) groups is 1. The molecule has 0 bridgehead atoms. The lowest BCUT2D eigenvalue weighted by atomic mass is 10.0. The van der Waals surface area contributed by atoms with Crippen molar-refractivity contribution in [1.82, 2.24) is 10.6 Å². The minimum Gasteiger partial charge on any atom is -0.390 e. The molecule has 0 spiro atoms. The molecule has 0 rings (SSSR count). The number of aliphatic hydroxyl groups is 1. The van der Waals surface area contributed by atoms with E-state index >= 15 is 0 Å². The number of rotatable bonds is 7. The van der Waals surface area contributed by atoms with Crippen LogP contribution in [0.15, 0.2) is 0 Å². The van der Waals surface area contributed by atoms with E-state index in [-0.39, 0.29) is 11.9 Å². The lowest BCUT2D eigenvalue weighted by molar-refractivity contribution is -0.123. The predicted molar refractivity (Wildman–Crippen MR) is 66.2 cm³/mol. The molecule has 4 heteroatoms. The van der Waals surface area contributed by atoms with Crippen LogP contribution in [0.1, 0.15) is 40.5 Å². The van der Waals surface area contributed by atoms with Gasteiger partial charge in [-0.1, -0.05) is 13.8 Å². The third-order valence-corrected chi connectivity index (χ3v) is 2.41. The van der Waals surface area contributed by atoms with E-state index < -0.39 is 5.60 Å². The Labute approximate surface area is 98.8 Å². The van der Waals surface area contributed by atoms with Gasteiger partial charge in [-0.2, -0.15) is 0 Å². The summed E-state index contributed by atoms with van der Waals surface area (Å²) in [6.45, 7) is 8.17. The molecule has 1 atom stereocenters. The van der Waals surface area contributed by atoms with Gasteiger partial charge in [0, 0.05) is 6.54 Å². The molecule has 0 radical (unpaired) electrons. The molecule has 0 saturated carbocycles. The van der Waals surface area contributed by atoms with E-state index in [1.807, 2.05) is 0 Å². The average Bonchev–Trinajstić information content (AvgIpc) is 2.11. The van der Waals surface area contributed by atoms with Crippen LogP contribution in [0.4, 0.5) is 0 Å². The van der Waals surface area contributed by atoms with Gasteiger partial charge >= 0.3 is 0 Å². The van der Waals surface area contributed by atoms with Crippen molar-refractivity contribution in [3.63, 3.8) is 0 Å². The van der Waals surface area contributed by atoms with Crippen LogP contribution in [0.2, 0.25) is 0 Å². The minimum atomic E-state index is -0.722. The molecule has 0 aliphatic rings. The van der Waals surface area contributed by atoms with Crippen molar-refractivity contribution in [2.45, 2.75) is 52.2 Å². The Morgan fingerprint density at radius 3 is 2.31 bits per heavy atom. The van der Waals surface area contributed by atoms with Crippen molar-refractivity contribution < 1.29 is 9.90 Å². The van der Waals surface area contributed by atoms with Gasteiger partial charge in [0.15, 0.2) is 0 Å². The number of hydrogen-bond acceptors (Lipinski definition) is 3. The summed E-state index contributed by atoms with van der Waals surface area (Å²) in [7, 11) is 1.79. The van der Waals surface area contributed by atoms with Crippen LogP contribution >= 0.6 is 0 Å². The van der Waals surface area contributed by atoms with Gasteiger partial charge in [-0.25, -0.2) is 0 Å². The van der Waals surface area contributed by atoms with Crippen molar-refractivity contribution in [2.75, 3.05) is 13.6 Å². The van der Waals surface area contributed by atoms with Crippen LogP contribution in [-0.2, 0) is 4.79 Å². The number of hydrogen-bond donors (Lipinski definition) is 3. The fourth-order valence-electron chi connectivity index (χ4n) is 1.44. The fraction of sp³-hybridized carbons (Fsp3) is 0.917. The number of amides is 1. The maximum absolute atomic E-state index is 11.7. The van der Waals surface area contributed by atoms with Gasteiger partial charge in [-0.15, -0.1) is 0 Å². The molecule has 0 heterocycles. The van der Waals surface area contributed by atoms with Gasteiger partial charge < -0.3 is 15.7 Å². The normalized spacial score (nSPS) is 13.9. The molecule has 16 heavy (non-hydrogen) atoms. The van der Waals surface area contributed by atoms with E-state index in [0.717, 1.165) is 6.42 Å². The standard InChI is InChI=1S/C12H26N2O2/c1-9(2)8-10(13-5)11(15)14-7-6-12(3,4)16/h9-10,13,16H,6-8H2,1-5H3,(H,14,15). The molecule has 0 aliphatic heterocycles. The van der Waals surface area contributed by atoms with Crippen LogP contribution in [-0.4, -0.2) is 36.2 Å². The summed E-state index contributed by atoms with van der Waals surface area (Å²) >= 11 is 0. The third kappa shape index (κ3) is 7.65. The molecule has 1 unspecified atom stereocenters. The quantitative estimate of drug-likeness (QED) is 0.609. The van der Waals surface area contributed by atoms with Crippen LogP contribution in [0.3, 0.4) is 0 Å². The zero-order valence-electron chi connectivity index (χ0n) is 11.1. The highest BCUT2D eigenvalue weighted by Crippen LogP contribution is 2.06. The van der Waals surface area contributed by atoms with E-state index in [4.69, 9.17) is 0 Å². The van der Waals surface area contributed by atoms with Gasteiger partial charge in [-0.3, -0.25) is 4.79 Å². The molecule has 1 amide bonds. The molecular formula is C12H26N2O2. The lowest BCUT2D eigenvalue weighted by Crippen LogP contribution is -2.44. The Hall–Kier alpha value is -0.610. The maximum Gasteiger partial charge on any atom is 0.237 e. The lowest BCUT2D eigenvalue weighted by Gasteiger charge is -2.20. The SMILES string of the molecule is CNC(CC(C)C)C(=O)NCCC(C)(C)O. The van der Waals surface area contributed by atoms with Crippen molar-refractivity contribution in [3.8, 4) is 0 Å². The second-order valence-electron chi connectivity index (χ2n) is 5.32. The number of nitrogens with one attached hydrogen (secondary N) is 2. The number of carbonyl (C=O) groups excluding carboxylic acids is 1. The summed E-state index contributed by atoms with van der Waals surface area (Å²) in [5.41, 5.74) is -0.722. The smallest absolute Gasteiger partial charge is 0.237 e. The summed E-state index contributed by atoms with van der Waals surface area (Å²) in [6, 6.07) is -0.137. The first-order chi connectivity index (χ1) is 7.26. The number of likely N-dealkylation sites (N-methyl/N-ethyl adjacent to an activating group) is 1. The Morgan fingerprint density at radius 1 is 1.38 bits per heavy atom. The molecule has 96 valence electrons. The van der Waals surface area contributed by atoms with Gasteiger partial charge in [0.1, 0.15) is 0 Å². The third-order valence-electron chi connectivity index (χ3n) is 2.41. The summed E-state index contributed by atoms with van der Waals surface area (Å²) < 4.78 is 0. The van der Waals surface area contributed by atoms with Gasteiger partial charge in [0.05, 0.1) is 11.6 Å². The van der Waals surface area contributed by atoms with Crippen molar-refractivity contribution >= 4 is 5.91 Å². The summed E-state index contributed by atoms with van der Waals surface area (Å²) in [5, 5.41) is 15.3. The first kappa shape index (κ1) is 15.4. The molecular weight excluding hydrogens is 204 g/mol. The Kier molecular flexibility index (Phi) is 6.60. The minimum absolute atomic E-state index is 0.0143. The predicted octanol–water partition coefficient (Wildman–Crippen LogP) is 0.898. The van der Waals surface area contributed by atoms with E-state index in [0.29, 0.717) is 18.9 Å². The van der Waals surface area contributed by atoms with Crippen LogP contribution in [0, 0.1) is 5.92 Å². The molecule has 0 aromatic heterocycles. The summed E-state index contributed by atoms with van der Waals surface area (Å²) in [6.07, 6.45) is 1.39. The second-order valence-corrected chi connectivity index (χ2v) is 5.32. The van der Waals surface area contributed by atoms with Crippen LogP contribution < -0.4 is 10.6 Å². The monoisotopic (exact) mass is 230 g/mol. The Morgan fingerprint density at radius 2 is 1.94 bits per heavy atom. The van der Waals surface area contributed by atoms with Crippen molar-refractivity contribution in [2.24, 2.45) is 5.92 Å². The van der Waals surface area contributed by atoms with E-state index in [9.17, 15) is 9.90 Å².